The second-order valence-electron chi connectivity index (χ2n) is 2.93. The average molecular weight is 149 g/mol. The van der Waals surface area contributed by atoms with Gasteiger partial charge in [0.1, 0.15) is 0 Å². The lowest BCUT2D eigenvalue weighted by Gasteiger charge is -2.03. The van der Waals surface area contributed by atoms with Crippen LogP contribution in [0.15, 0.2) is 12.4 Å². The summed E-state index contributed by atoms with van der Waals surface area (Å²) in [4.78, 5) is 3.27. The van der Waals surface area contributed by atoms with E-state index in [0.29, 0.717) is 11.6 Å². The predicted octanol–water partition coefficient (Wildman–Crippen LogP) is 2.09. The van der Waals surface area contributed by atoms with Gasteiger partial charge in [0.15, 0.2) is 0 Å². The van der Waals surface area contributed by atoms with Crippen LogP contribution in [0.3, 0.4) is 0 Å². The van der Waals surface area contributed by atoms with Gasteiger partial charge in [-0.25, -0.2) is 4.85 Å². The fourth-order valence-electron chi connectivity index (χ4n) is 0.884. The van der Waals surface area contributed by atoms with Gasteiger partial charge in [0.2, 0.25) is 5.69 Å². The van der Waals surface area contributed by atoms with Gasteiger partial charge < -0.3 is 0 Å². The van der Waals surface area contributed by atoms with E-state index in [0.717, 1.165) is 6.54 Å². The molecule has 1 rings (SSSR count). The highest BCUT2D eigenvalue weighted by Gasteiger charge is 1.98. The summed E-state index contributed by atoms with van der Waals surface area (Å²) in [5.74, 6) is 0.577. The summed E-state index contributed by atoms with van der Waals surface area (Å²) >= 11 is 0. The van der Waals surface area contributed by atoms with Crippen LogP contribution in [0.2, 0.25) is 0 Å². The standard InChI is InChI=1S/C8H11N3/c1-7(2)5-11-6-8(9-3)4-10-11/h4,6-7H,5H2,1-2H3. The van der Waals surface area contributed by atoms with Crippen LogP contribution in [0, 0.1) is 12.5 Å². The molecule has 0 aliphatic carbocycles. The molecule has 58 valence electrons. The van der Waals surface area contributed by atoms with Gasteiger partial charge in [-0.3, -0.25) is 4.68 Å². The average Bonchev–Trinajstić information content (AvgIpc) is 2.34. The first kappa shape index (κ1) is 7.80. The van der Waals surface area contributed by atoms with Crippen molar-refractivity contribution in [1.82, 2.24) is 9.78 Å². The summed E-state index contributed by atoms with van der Waals surface area (Å²) in [5, 5.41) is 4.03. The smallest absolute Gasteiger partial charge is 0.224 e. The van der Waals surface area contributed by atoms with E-state index in [1.807, 2.05) is 0 Å². The van der Waals surface area contributed by atoms with Crippen LogP contribution >= 0.6 is 0 Å². The number of nitrogens with zero attached hydrogens (tertiary/aromatic N) is 3. The molecule has 1 aromatic rings. The highest BCUT2D eigenvalue weighted by atomic mass is 15.3. The molecule has 3 nitrogen and oxygen atoms in total. The maximum Gasteiger partial charge on any atom is 0.224 e. The Morgan fingerprint density at radius 3 is 2.91 bits per heavy atom. The quantitative estimate of drug-likeness (QED) is 0.590. The van der Waals surface area contributed by atoms with Crippen LogP contribution in [0.25, 0.3) is 4.85 Å². The Kier molecular flexibility index (Phi) is 2.27. The summed E-state index contributed by atoms with van der Waals surface area (Å²) < 4.78 is 1.80. The van der Waals surface area contributed by atoms with Crippen LogP contribution in [0.1, 0.15) is 13.8 Å². The van der Waals surface area contributed by atoms with Crippen molar-refractivity contribution < 1.29 is 0 Å². The normalized spacial score (nSPS) is 10.0. The molecule has 0 bridgehead atoms. The van der Waals surface area contributed by atoms with Gasteiger partial charge in [-0.15, -0.1) is 0 Å². The van der Waals surface area contributed by atoms with Crippen LogP contribution in [-0.2, 0) is 6.54 Å². The molecule has 0 atom stereocenters. The van der Waals surface area contributed by atoms with Crippen molar-refractivity contribution >= 4 is 5.69 Å². The molecule has 0 aliphatic heterocycles. The molecule has 1 aromatic heterocycles. The van der Waals surface area contributed by atoms with E-state index in [1.165, 1.54) is 0 Å². The molecule has 11 heavy (non-hydrogen) atoms. The predicted molar refractivity (Wildman–Crippen MR) is 43.3 cm³/mol. The van der Waals surface area contributed by atoms with Crippen molar-refractivity contribution in [3.63, 3.8) is 0 Å². The lowest BCUT2D eigenvalue weighted by molar-refractivity contribution is 0.483. The van der Waals surface area contributed by atoms with Crippen LogP contribution in [0.4, 0.5) is 5.69 Å². The maximum absolute atomic E-state index is 6.71. The second-order valence-corrected chi connectivity index (χ2v) is 2.93. The molecule has 0 fully saturated rings. The van der Waals surface area contributed by atoms with E-state index in [4.69, 9.17) is 6.57 Å². The van der Waals surface area contributed by atoms with E-state index < -0.39 is 0 Å². The Bertz CT molecular complexity index is 267. The van der Waals surface area contributed by atoms with E-state index >= 15 is 0 Å². The highest BCUT2D eigenvalue weighted by molar-refractivity contribution is 5.38. The number of hydrogen-bond donors (Lipinski definition) is 0. The summed E-state index contributed by atoms with van der Waals surface area (Å²) in [7, 11) is 0. The first-order chi connectivity index (χ1) is 5.22. The number of rotatable bonds is 2. The van der Waals surface area contributed by atoms with E-state index in [-0.39, 0.29) is 0 Å². The van der Waals surface area contributed by atoms with E-state index in [9.17, 15) is 0 Å². The minimum atomic E-state index is 0.577. The molecule has 0 unspecified atom stereocenters. The van der Waals surface area contributed by atoms with Crippen molar-refractivity contribution in [1.29, 1.82) is 0 Å². The zero-order valence-corrected chi connectivity index (χ0v) is 6.78. The zero-order valence-electron chi connectivity index (χ0n) is 6.78. The van der Waals surface area contributed by atoms with Gasteiger partial charge in [0.05, 0.1) is 12.8 Å². The molecule has 0 saturated heterocycles. The van der Waals surface area contributed by atoms with Gasteiger partial charge >= 0.3 is 0 Å². The second kappa shape index (κ2) is 3.20. The van der Waals surface area contributed by atoms with Crippen LogP contribution < -0.4 is 0 Å². The van der Waals surface area contributed by atoms with Gasteiger partial charge in [0.25, 0.3) is 0 Å². The van der Waals surface area contributed by atoms with Crippen molar-refractivity contribution in [2.75, 3.05) is 0 Å². The number of hydrogen-bond acceptors (Lipinski definition) is 1. The summed E-state index contributed by atoms with van der Waals surface area (Å²) in [6, 6.07) is 0. The van der Waals surface area contributed by atoms with E-state index in [2.05, 4.69) is 23.8 Å². The van der Waals surface area contributed by atoms with Gasteiger partial charge in [-0.2, -0.15) is 5.10 Å². The largest absolute Gasteiger partial charge is 0.284 e. The van der Waals surface area contributed by atoms with Crippen molar-refractivity contribution in [2.45, 2.75) is 20.4 Å². The monoisotopic (exact) mass is 149 g/mol. The Labute approximate surface area is 66.5 Å². The molecule has 0 spiro atoms. The van der Waals surface area contributed by atoms with Crippen LogP contribution in [0.5, 0.6) is 0 Å². The Morgan fingerprint density at radius 2 is 2.45 bits per heavy atom. The molecule has 0 saturated carbocycles. The minimum Gasteiger partial charge on any atom is -0.284 e. The molecule has 1 heterocycles. The summed E-state index contributed by atoms with van der Waals surface area (Å²) in [5.41, 5.74) is 0.616. The third-order valence-corrected chi connectivity index (χ3v) is 1.30. The third-order valence-electron chi connectivity index (χ3n) is 1.30. The SMILES string of the molecule is [C-]#[N+]c1cnn(CC(C)C)c1. The van der Waals surface area contributed by atoms with Crippen molar-refractivity contribution in [3.05, 3.63) is 23.8 Å². The van der Waals surface area contributed by atoms with E-state index in [1.54, 1.807) is 17.1 Å². The lowest BCUT2D eigenvalue weighted by atomic mass is 10.2. The maximum atomic E-state index is 6.71. The van der Waals surface area contributed by atoms with Crippen molar-refractivity contribution in [3.8, 4) is 0 Å². The van der Waals surface area contributed by atoms with Crippen LogP contribution in [-0.4, -0.2) is 9.78 Å². The molecule has 0 aliphatic rings. The molecule has 0 N–H and O–H groups in total. The van der Waals surface area contributed by atoms with Crippen molar-refractivity contribution in [2.24, 2.45) is 5.92 Å². The zero-order chi connectivity index (χ0) is 8.27. The molecular weight excluding hydrogens is 138 g/mol. The third kappa shape index (κ3) is 2.08. The molecular formula is C8H11N3. The Balaban J connectivity index is 2.67. The highest BCUT2D eigenvalue weighted by Crippen LogP contribution is 2.09. The molecule has 0 amide bonds. The summed E-state index contributed by atoms with van der Waals surface area (Å²) in [6.45, 7) is 11.8. The Hall–Kier alpha value is -1.30. The van der Waals surface area contributed by atoms with Gasteiger partial charge in [-0.1, -0.05) is 13.8 Å². The molecule has 0 radical (unpaired) electrons. The lowest BCUT2D eigenvalue weighted by Crippen LogP contribution is -2.03. The van der Waals surface area contributed by atoms with Gasteiger partial charge in [0, 0.05) is 12.7 Å². The topological polar surface area (TPSA) is 22.2 Å². The first-order valence-corrected chi connectivity index (χ1v) is 3.62. The summed E-state index contributed by atoms with van der Waals surface area (Å²) in [6.07, 6.45) is 3.36. The molecule has 3 heteroatoms. The number of aromatic nitrogens is 2. The minimum absolute atomic E-state index is 0.577. The fourth-order valence-corrected chi connectivity index (χ4v) is 0.884. The van der Waals surface area contributed by atoms with Gasteiger partial charge in [-0.05, 0) is 5.92 Å². The molecule has 0 aromatic carbocycles. The fraction of sp³-hybridized carbons (Fsp3) is 0.500. The first-order valence-electron chi connectivity index (χ1n) is 3.62. The Morgan fingerprint density at radius 1 is 1.73 bits per heavy atom.